The molecule has 0 aliphatic heterocycles. The smallest absolute Gasteiger partial charge is 0.0640 e. The lowest BCUT2D eigenvalue weighted by Crippen LogP contribution is -2.24. The SMILES string of the molecule is CCN(CCC#N)C1=CCC(/C=C/C2C=CC(N(C)C)=CC2)C=C1. The van der Waals surface area contributed by atoms with Gasteiger partial charge >= 0.3 is 0 Å². The molecule has 128 valence electrons. The summed E-state index contributed by atoms with van der Waals surface area (Å²) in [6, 6.07) is 2.23. The first-order valence-corrected chi connectivity index (χ1v) is 8.88. The molecule has 0 saturated heterocycles. The molecular weight excluding hydrogens is 294 g/mol. The second-order valence-corrected chi connectivity index (χ2v) is 6.54. The van der Waals surface area contributed by atoms with Crippen LogP contribution in [0.3, 0.4) is 0 Å². The Morgan fingerprint density at radius 3 is 2.08 bits per heavy atom. The second-order valence-electron chi connectivity index (χ2n) is 6.54. The van der Waals surface area contributed by atoms with Gasteiger partial charge in [-0.2, -0.15) is 5.26 Å². The van der Waals surface area contributed by atoms with Gasteiger partial charge in [-0.05, 0) is 43.8 Å². The highest BCUT2D eigenvalue weighted by Crippen LogP contribution is 2.23. The van der Waals surface area contributed by atoms with Gasteiger partial charge < -0.3 is 9.80 Å². The van der Waals surface area contributed by atoms with E-state index in [4.69, 9.17) is 5.26 Å². The van der Waals surface area contributed by atoms with Crippen LogP contribution in [-0.2, 0) is 0 Å². The largest absolute Gasteiger partial charge is 0.378 e. The molecule has 0 spiro atoms. The van der Waals surface area contributed by atoms with Crippen LogP contribution in [0.15, 0.2) is 60.0 Å². The lowest BCUT2D eigenvalue weighted by molar-refractivity contribution is 0.378. The lowest BCUT2D eigenvalue weighted by Gasteiger charge is -2.26. The Labute approximate surface area is 146 Å². The van der Waals surface area contributed by atoms with E-state index in [0.717, 1.165) is 25.9 Å². The minimum Gasteiger partial charge on any atom is -0.378 e. The lowest BCUT2D eigenvalue weighted by atomic mass is 9.93. The van der Waals surface area contributed by atoms with Crippen molar-refractivity contribution in [2.24, 2.45) is 11.8 Å². The average Bonchev–Trinajstić information content (AvgIpc) is 2.62. The molecule has 0 aromatic heterocycles. The third kappa shape index (κ3) is 5.16. The molecule has 3 nitrogen and oxygen atoms in total. The molecule has 2 rings (SSSR count). The van der Waals surface area contributed by atoms with Crippen LogP contribution in [0.2, 0.25) is 0 Å². The maximum atomic E-state index is 8.76. The molecule has 24 heavy (non-hydrogen) atoms. The fraction of sp³-hybridized carbons (Fsp3) is 0.476. The molecule has 2 atom stereocenters. The molecule has 0 radical (unpaired) electrons. The molecule has 0 heterocycles. The Morgan fingerprint density at radius 2 is 1.67 bits per heavy atom. The summed E-state index contributed by atoms with van der Waals surface area (Å²) in [7, 11) is 4.17. The molecule has 2 unspecified atom stereocenters. The zero-order valence-corrected chi connectivity index (χ0v) is 15.2. The van der Waals surface area contributed by atoms with Crippen LogP contribution in [0.1, 0.15) is 26.2 Å². The van der Waals surface area contributed by atoms with Crippen molar-refractivity contribution in [2.75, 3.05) is 27.2 Å². The first-order valence-electron chi connectivity index (χ1n) is 8.88. The minimum absolute atomic E-state index is 0.482. The van der Waals surface area contributed by atoms with Gasteiger partial charge in [0.05, 0.1) is 12.5 Å². The Hall–Kier alpha value is -2.21. The highest BCUT2D eigenvalue weighted by molar-refractivity contribution is 5.27. The molecule has 0 fully saturated rings. The fourth-order valence-corrected chi connectivity index (χ4v) is 3.04. The number of allylic oxidation sites excluding steroid dienone is 8. The van der Waals surface area contributed by atoms with E-state index < -0.39 is 0 Å². The van der Waals surface area contributed by atoms with Crippen LogP contribution in [0.4, 0.5) is 0 Å². The summed E-state index contributed by atoms with van der Waals surface area (Å²) in [4.78, 5) is 4.43. The minimum atomic E-state index is 0.482. The van der Waals surface area contributed by atoms with Gasteiger partial charge in [-0.15, -0.1) is 0 Å². The van der Waals surface area contributed by atoms with Crippen molar-refractivity contribution in [3.63, 3.8) is 0 Å². The molecule has 0 amide bonds. The van der Waals surface area contributed by atoms with Crippen molar-refractivity contribution >= 4 is 0 Å². The van der Waals surface area contributed by atoms with E-state index in [9.17, 15) is 0 Å². The molecular formula is C21H29N3. The quantitative estimate of drug-likeness (QED) is 0.656. The Balaban J connectivity index is 1.84. The monoisotopic (exact) mass is 323 g/mol. The van der Waals surface area contributed by atoms with Crippen LogP contribution >= 0.6 is 0 Å². The van der Waals surface area contributed by atoms with Gasteiger partial charge in [-0.1, -0.05) is 36.5 Å². The molecule has 0 bridgehead atoms. The summed E-state index contributed by atoms with van der Waals surface area (Å²) in [6.45, 7) is 3.91. The van der Waals surface area contributed by atoms with E-state index in [1.165, 1.54) is 11.4 Å². The predicted molar refractivity (Wildman–Crippen MR) is 101 cm³/mol. The Morgan fingerprint density at radius 1 is 1.08 bits per heavy atom. The molecule has 0 aromatic rings. The van der Waals surface area contributed by atoms with Crippen molar-refractivity contribution in [1.29, 1.82) is 5.26 Å². The van der Waals surface area contributed by atoms with Crippen molar-refractivity contribution in [1.82, 2.24) is 9.80 Å². The van der Waals surface area contributed by atoms with Gasteiger partial charge in [0.15, 0.2) is 0 Å². The first-order chi connectivity index (χ1) is 11.6. The Kier molecular flexibility index (Phi) is 6.93. The van der Waals surface area contributed by atoms with Gasteiger partial charge in [0, 0.05) is 38.6 Å². The van der Waals surface area contributed by atoms with E-state index in [1.807, 2.05) is 0 Å². The molecule has 3 heteroatoms. The topological polar surface area (TPSA) is 30.3 Å². The summed E-state index contributed by atoms with van der Waals surface area (Å²) < 4.78 is 0. The number of likely N-dealkylation sites (N-methyl/N-ethyl adjacent to an activating group) is 2. The number of nitrogens with zero attached hydrogens (tertiary/aromatic N) is 3. The van der Waals surface area contributed by atoms with E-state index in [2.05, 4.69) is 85.5 Å². The molecule has 0 aromatic carbocycles. The molecule has 0 saturated carbocycles. The number of hydrogen-bond donors (Lipinski definition) is 0. The highest BCUT2D eigenvalue weighted by Gasteiger charge is 2.12. The van der Waals surface area contributed by atoms with Crippen LogP contribution < -0.4 is 0 Å². The summed E-state index contributed by atoms with van der Waals surface area (Å²) >= 11 is 0. The standard InChI is InChI=1S/C21H29N3/c1-4-24(17-5-16-22)21-14-10-19(11-15-21)7-6-18-8-12-20(13-9-18)23(2)3/h6-8,10,12-15,18-19H,4-5,9,11,17H2,1-3H3/b7-6+. The zero-order valence-electron chi connectivity index (χ0n) is 15.2. The van der Waals surface area contributed by atoms with E-state index >= 15 is 0 Å². The summed E-state index contributed by atoms with van der Waals surface area (Å²) in [5.74, 6) is 0.992. The van der Waals surface area contributed by atoms with Crippen LogP contribution in [-0.4, -0.2) is 37.0 Å². The van der Waals surface area contributed by atoms with Crippen molar-refractivity contribution in [3.8, 4) is 6.07 Å². The predicted octanol–water partition coefficient (Wildman–Crippen LogP) is 4.26. The summed E-state index contributed by atoms with van der Waals surface area (Å²) in [6.07, 6.45) is 21.0. The highest BCUT2D eigenvalue weighted by atomic mass is 15.1. The van der Waals surface area contributed by atoms with Gasteiger partial charge in [-0.3, -0.25) is 0 Å². The van der Waals surface area contributed by atoms with Gasteiger partial charge in [0.25, 0.3) is 0 Å². The van der Waals surface area contributed by atoms with Gasteiger partial charge in [0.2, 0.25) is 0 Å². The summed E-state index contributed by atoms with van der Waals surface area (Å²) in [5, 5.41) is 8.76. The number of nitriles is 1. The van der Waals surface area contributed by atoms with Crippen molar-refractivity contribution in [3.05, 3.63) is 60.0 Å². The van der Waals surface area contributed by atoms with E-state index in [1.54, 1.807) is 0 Å². The third-order valence-corrected chi connectivity index (χ3v) is 4.59. The molecule has 2 aliphatic rings. The van der Waals surface area contributed by atoms with Crippen molar-refractivity contribution in [2.45, 2.75) is 26.2 Å². The summed E-state index contributed by atoms with van der Waals surface area (Å²) in [5.41, 5.74) is 2.55. The first kappa shape index (κ1) is 18.1. The number of hydrogen-bond acceptors (Lipinski definition) is 3. The van der Waals surface area contributed by atoms with Gasteiger partial charge in [0.1, 0.15) is 0 Å². The van der Waals surface area contributed by atoms with E-state index in [-0.39, 0.29) is 0 Å². The second kappa shape index (κ2) is 9.17. The average molecular weight is 323 g/mol. The maximum Gasteiger partial charge on any atom is 0.0640 e. The molecule has 0 N–H and O–H groups in total. The molecule has 2 aliphatic carbocycles. The van der Waals surface area contributed by atoms with Crippen LogP contribution in [0.25, 0.3) is 0 Å². The van der Waals surface area contributed by atoms with Gasteiger partial charge in [-0.25, -0.2) is 0 Å². The van der Waals surface area contributed by atoms with Crippen LogP contribution in [0, 0.1) is 23.2 Å². The normalized spacial score (nSPS) is 22.9. The van der Waals surface area contributed by atoms with Crippen molar-refractivity contribution < 1.29 is 0 Å². The van der Waals surface area contributed by atoms with E-state index in [0.29, 0.717) is 18.3 Å². The van der Waals surface area contributed by atoms with Crippen LogP contribution in [0.5, 0.6) is 0 Å². The maximum absolute atomic E-state index is 8.76. The third-order valence-electron chi connectivity index (χ3n) is 4.59. The fourth-order valence-electron chi connectivity index (χ4n) is 3.04. The number of rotatable bonds is 7. The zero-order chi connectivity index (χ0) is 17.4. The Bertz CT molecular complexity index is 599.